The number of carbonyl (C=O) groups excluding carboxylic acids is 1. The molecule has 128 valence electrons. The number of hydrogen-bond donors (Lipinski definition) is 1. The van der Waals surface area contributed by atoms with Crippen molar-refractivity contribution >= 4 is 17.0 Å². The minimum Gasteiger partial charge on any atom is -0.408 e. The normalized spacial score (nSPS) is 15.0. The van der Waals surface area contributed by atoms with E-state index in [9.17, 15) is 9.59 Å². The topological polar surface area (TPSA) is 67.5 Å². The number of rotatable bonds is 7. The molecule has 2 heterocycles. The number of likely N-dealkylation sites (tertiary alicyclic amines) is 1. The molecule has 6 nitrogen and oxygen atoms in total. The van der Waals surface area contributed by atoms with Crippen molar-refractivity contribution in [1.29, 1.82) is 0 Å². The van der Waals surface area contributed by atoms with Gasteiger partial charge in [-0.1, -0.05) is 6.08 Å². The SMILES string of the molecule is C=CCn1c(=O)oc2ccc(C(=O)NCCCN3CCCC3)cc21. The molecule has 0 atom stereocenters. The van der Waals surface area contributed by atoms with Crippen LogP contribution in [-0.2, 0) is 6.54 Å². The Hall–Kier alpha value is -2.34. The first-order chi connectivity index (χ1) is 11.7. The second-order valence-corrected chi connectivity index (χ2v) is 6.11. The molecule has 1 N–H and O–H groups in total. The summed E-state index contributed by atoms with van der Waals surface area (Å²) in [4.78, 5) is 26.5. The number of fused-ring (bicyclic) bond motifs is 1. The molecule has 0 saturated carbocycles. The lowest BCUT2D eigenvalue weighted by Gasteiger charge is -2.14. The summed E-state index contributed by atoms with van der Waals surface area (Å²) < 4.78 is 6.63. The number of nitrogens with zero attached hydrogens (tertiary/aromatic N) is 2. The van der Waals surface area contributed by atoms with E-state index < -0.39 is 5.76 Å². The van der Waals surface area contributed by atoms with E-state index in [1.54, 1.807) is 24.3 Å². The molecule has 0 unspecified atom stereocenters. The molecule has 1 aliphatic rings. The van der Waals surface area contributed by atoms with Gasteiger partial charge in [-0.2, -0.15) is 0 Å². The summed E-state index contributed by atoms with van der Waals surface area (Å²) in [6.45, 7) is 8.02. The second kappa shape index (κ2) is 7.49. The van der Waals surface area contributed by atoms with E-state index in [-0.39, 0.29) is 5.91 Å². The minimum absolute atomic E-state index is 0.128. The third-order valence-electron chi connectivity index (χ3n) is 4.38. The Bertz CT molecular complexity index is 784. The zero-order valence-electron chi connectivity index (χ0n) is 13.8. The predicted octanol–water partition coefficient (Wildman–Crippen LogP) is 2.00. The van der Waals surface area contributed by atoms with Gasteiger partial charge in [0.05, 0.1) is 5.52 Å². The van der Waals surface area contributed by atoms with Gasteiger partial charge < -0.3 is 14.6 Å². The van der Waals surface area contributed by atoms with Gasteiger partial charge in [0, 0.05) is 18.7 Å². The maximum atomic E-state index is 12.3. The van der Waals surface area contributed by atoms with E-state index in [1.807, 2.05) is 0 Å². The fourth-order valence-electron chi connectivity index (χ4n) is 3.12. The van der Waals surface area contributed by atoms with Crippen LogP contribution in [0.15, 0.2) is 40.1 Å². The summed E-state index contributed by atoms with van der Waals surface area (Å²) in [6, 6.07) is 5.04. The molecule has 1 fully saturated rings. The Morgan fingerprint density at radius 1 is 1.33 bits per heavy atom. The largest absolute Gasteiger partial charge is 0.420 e. The van der Waals surface area contributed by atoms with Gasteiger partial charge >= 0.3 is 5.76 Å². The first-order valence-corrected chi connectivity index (χ1v) is 8.44. The van der Waals surface area contributed by atoms with Crippen molar-refractivity contribution in [2.75, 3.05) is 26.2 Å². The van der Waals surface area contributed by atoms with Gasteiger partial charge in [0.25, 0.3) is 5.91 Å². The van der Waals surface area contributed by atoms with Gasteiger partial charge in [-0.15, -0.1) is 6.58 Å². The van der Waals surface area contributed by atoms with Crippen LogP contribution in [0, 0.1) is 0 Å². The maximum absolute atomic E-state index is 12.3. The fraction of sp³-hybridized carbons (Fsp3) is 0.444. The van der Waals surface area contributed by atoms with Crippen molar-refractivity contribution in [1.82, 2.24) is 14.8 Å². The van der Waals surface area contributed by atoms with Crippen molar-refractivity contribution in [3.8, 4) is 0 Å². The summed E-state index contributed by atoms with van der Waals surface area (Å²) in [5.74, 6) is -0.565. The van der Waals surface area contributed by atoms with Crippen molar-refractivity contribution in [3.05, 3.63) is 47.0 Å². The van der Waals surface area contributed by atoms with Crippen LogP contribution in [0.4, 0.5) is 0 Å². The number of nitrogens with one attached hydrogen (secondary N) is 1. The Morgan fingerprint density at radius 3 is 2.88 bits per heavy atom. The highest BCUT2D eigenvalue weighted by atomic mass is 16.4. The molecule has 0 radical (unpaired) electrons. The smallest absolute Gasteiger partial charge is 0.408 e. The van der Waals surface area contributed by atoms with Gasteiger partial charge in [0.1, 0.15) is 0 Å². The molecular formula is C18H23N3O3. The summed E-state index contributed by atoms with van der Waals surface area (Å²) in [7, 11) is 0. The molecule has 1 aliphatic heterocycles. The molecule has 3 rings (SSSR count). The quantitative estimate of drug-likeness (QED) is 0.623. The van der Waals surface area contributed by atoms with Crippen LogP contribution in [0.3, 0.4) is 0 Å². The summed E-state index contributed by atoms with van der Waals surface area (Å²) in [6.07, 6.45) is 5.13. The molecule has 24 heavy (non-hydrogen) atoms. The fourth-order valence-corrected chi connectivity index (χ4v) is 3.12. The number of carbonyl (C=O) groups is 1. The third-order valence-corrected chi connectivity index (χ3v) is 4.38. The van der Waals surface area contributed by atoms with Crippen molar-refractivity contribution in [2.45, 2.75) is 25.8 Å². The highest BCUT2D eigenvalue weighted by molar-refractivity contribution is 5.97. The van der Waals surface area contributed by atoms with E-state index >= 15 is 0 Å². The van der Waals surface area contributed by atoms with Crippen molar-refractivity contribution in [3.63, 3.8) is 0 Å². The van der Waals surface area contributed by atoms with Gasteiger partial charge in [0.15, 0.2) is 5.58 Å². The zero-order valence-corrected chi connectivity index (χ0v) is 13.8. The Labute approximate surface area is 140 Å². The maximum Gasteiger partial charge on any atom is 0.420 e. The van der Waals surface area contributed by atoms with Crippen LogP contribution in [0.1, 0.15) is 29.6 Å². The van der Waals surface area contributed by atoms with Crippen molar-refractivity contribution in [2.24, 2.45) is 0 Å². The predicted molar refractivity (Wildman–Crippen MR) is 93.3 cm³/mol. The zero-order chi connectivity index (χ0) is 16.9. The number of allylic oxidation sites excluding steroid dienone is 1. The minimum atomic E-state index is -0.437. The molecule has 1 amide bonds. The Kier molecular flexibility index (Phi) is 5.15. The lowest BCUT2D eigenvalue weighted by Crippen LogP contribution is -2.28. The Morgan fingerprint density at radius 2 is 2.12 bits per heavy atom. The second-order valence-electron chi connectivity index (χ2n) is 6.11. The molecule has 1 aromatic carbocycles. The Balaban J connectivity index is 1.62. The average molecular weight is 329 g/mol. The third kappa shape index (κ3) is 3.59. The van der Waals surface area contributed by atoms with Crippen LogP contribution >= 0.6 is 0 Å². The number of hydrogen-bond acceptors (Lipinski definition) is 4. The number of oxazole rings is 1. The summed E-state index contributed by atoms with van der Waals surface area (Å²) in [5, 5.41) is 2.94. The number of benzene rings is 1. The lowest BCUT2D eigenvalue weighted by atomic mass is 10.2. The van der Waals surface area contributed by atoms with Crippen LogP contribution in [-0.4, -0.2) is 41.6 Å². The van der Waals surface area contributed by atoms with Gasteiger partial charge in [0.2, 0.25) is 0 Å². The van der Waals surface area contributed by atoms with Crippen LogP contribution < -0.4 is 11.1 Å². The first kappa shape index (κ1) is 16.5. The van der Waals surface area contributed by atoms with E-state index in [2.05, 4.69) is 16.8 Å². The van der Waals surface area contributed by atoms with Gasteiger partial charge in [-0.25, -0.2) is 4.79 Å². The average Bonchev–Trinajstić information content (AvgIpc) is 3.20. The molecule has 6 heteroatoms. The summed E-state index contributed by atoms with van der Waals surface area (Å²) in [5.41, 5.74) is 1.62. The molecule has 0 spiro atoms. The molecule has 1 aromatic heterocycles. The van der Waals surface area contributed by atoms with Crippen LogP contribution in [0.5, 0.6) is 0 Å². The number of aromatic nitrogens is 1. The van der Waals surface area contributed by atoms with Crippen LogP contribution in [0.25, 0.3) is 11.1 Å². The number of amides is 1. The van der Waals surface area contributed by atoms with Crippen molar-refractivity contribution < 1.29 is 9.21 Å². The molecule has 2 aromatic rings. The molecule has 1 saturated heterocycles. The molecule has 0 aliphatic carbocycles. The summed E-state index contributed by atoms with van der Waals surface area (Å²) >= 11 is 0. The van der Waals surface area contributed by atoms with Gasteiger partial charge in [-0.3, -0.25) is 9.36 Å². The van der Waals surface area contributed by atoms with E-state index in [4.69, 9.17) is 4.42 Å². The van der Waals surface area contributed by atoms with E-state index in [0.29, 0.717) is 29.8 Å². The highest BCUT2D eigenvalue weighted by Crippen LogP contribution is 2.15. The highest BCUT2D eigenvalue weighted by Gasteiger charge is 2.13. The standard InChI is InChI=1S/C18H23N3O3/c1-2-9-21-15-13-14(6-7-16(15)24-18(21)23)17(22)19-8-5-12-20-10-3-4-11-20/h2,6-7,13H,1,3-5,8-12H2,(H,19,22). The van der Waals surface area contributed by atoms with E-state index in [1.165, 1.54) is 30.5 Å². The van der Waals surface area contributed by atoms with Gasteiger partial charge in [-0.05, 0) is 57.1 Å². The molecular weight excluding hydrogens is 306 g/mol. The van der Waals surface area contributed by atoms with E-state index in [0.717, 1.165) is 13.0 Å². The lowest BCUT2D eigenvalue weighted by molar-refractivity contribution is 0.0952. The first-order valence-electron chi connectivity index (χ1n) is 8.44. The van der Waals surface area contributed by atoms with Crippen LogP contribution in [0.2, 0.25) is 0 Å². The monoisotopic (exact) mass is 329 g/mol. The molecule has 0 bridgehead atoms.